The standard InChI is InChI=1S/4C18H15P.C12H10FNO.C11H8FNO.C6H6BFO2.C6H6BrNO.CH4.Pd/c4*1-4-10-16(11-5-1)19(17-12-6-2-7-13-17)18-14-8-3-9-15-18;1-15-12-7-6-9(8-14-12)10-4-2-3-5-11(10)13;12-10-4-2-1-3-9(10)8-5-6-11(14)13-7-8;8-6-4-2-1-3-5(6)7(9)10;1-9-6-3-2-5(7)4-8-6;;/h4*1-15H;2-8H,1H3;1-7H,(H,13,14);1-4,9-10H;2-4H,1H3;1H4;. The van der Waals surface area contributed by atoms with Crippen LogP contribution in [-0.2, 0) is 20.4 Å². The molecule has 0 saturated heterocycles. The topological polar surface area (TPSA) is 118 Å². The Bertz CT molecular complexity index is 5210. The first-order valence-electron chi connectivity index (χ1n) is 39.7. The monoisotopic (exact) mass is 1890 g/mol. The summed E-state index contributed by atoms with van der Waals surface area (Å²) in [6, 6.07) is 158. The van der Waals surface area contributed by atoms with Crippen LogP contribution < -0.4 is 84.2 Å². The number of nitrogens with one attached hydrogen (secondary N) is 1. The molecule has 632 valence electrons. The second-order valence-electron chi connectivity index (χ2n) is 26.8. The molecule has 0 aliphatic rings. The van der Waals surface area contributed by atoms with Crippen LogP contribution in [0.25, 0.3) is 22.3 Å². The molecule has 0 aliphatic carbocycles. The van der Waals surface area contributed by atoms with Crippen molar-refractivity contribution in [3.05, 3.63) is 524 Å². The van der Waals surface area contributed by atoms with Crippen LogP contribution in [0.1, 0.15) is 7.43 Å². The summed E-state index contributed by atoms with van der Waals surface area (Å²) in [5, 5.41) is 33.8. The number of halogens is 4. The van der Waals surface area contributed by atoms with Crippen LogP contribution in [0.5, 0.6) is 11.8 Å². The van der Waals surface area contributed by atoms with Crippen molar-refractivity contribution in [2.24, 2.45) is 0 Å². The quantitative estimate of drug-likeness (QED) is 0.0614. The maximum Gasteiger partial charge on any atom is 0.491 e. The number of H-pyrrole nitrogens is 1. The number of nitrogens with zero attached hydrogens (tertiary/aromatic N) is 2. The third-order valence-electron chi connectivity index (χ3n) is 18.4. The van der Waals surface area contributed by atoms with Crippen molar-refractivity contribution in [2.45, 2.75) is 7.43 Å². The van der Waals surface area contributed by atoms with Gasteiger partial charge < -0.3 is 24.5 Å². The van der Waals surface area contributed by atoms with Gasteiger partial charge in [0.25, 0.3) is 0 Å². The number of hydrogen-bond donors (Lipinski definition) is 3. The molecule has 18 heteroatoms. The van der Waals surface area contributed by atoms with Crippen molar-refractivity contribution >= 4 is 124 Å². The molecule has 126 heavy (non-hydrogen) atoms. The fourth-order valence-electron chi connectivity index (χ4n) is 12.5. The minimum Gasteiger partial charge on any atom is -0.481 e. The maximum absolute atomic E-state index is 13.4. The van der Waals surface area contributed by atoms with Crippen molar-refractivity contribution in [1.29, 1.82) is 0 Å². The summed E-state index contributed by atoms with van der Waals surface area (Å²) in [5.74, 6) is 0.0230. The average molecular weight is 1890 g/mol. The Morgan fingerprint density at radius 3 is 0.706 bits per heavy atom. The third-order valence-corrected chi connectivity index (χ3v) is 28.6. The molecule has 15 aromatic carbocycles. The number of aromatic amines is 1. The molecule has 0 amide bonds. The fourth-order valence-corrected chi connectivity index (χ4v) is 22.0. The van der Waals surface area contributed by atoms with Crippen LogP contribution in [0.3, 0.4) is 0 Å². The van der Waals surface area contributed by atoms with E-state index in [0.29, 0.717) is 28.5 Å². The van der Waals surface area contributed by atoms with Gasteiger partial charge >= 0.3 is 7.12 Å². The van der Waals surface area contributed by atoms with Crippen LogP contribution >= 0.6 is 47.6 Å². The number of rotatable bonds is 17. The molecule has 0 unspecified atom stereocenters. The fraction of sp³-hybridized carbons (Fsp3) is 0.0278. The molecule has 3 heterocycles. The first kappa shape index (κ1) is 97.6. The molecule has 18 aromatic rings. The maximum atomic E-state index is 13.4. The molecular formula is C108H94BBrF3N3O5P4Pd. The molecule has 0 fully saturated rings. The summed E-state index contributed by atoms with van der Waals surface area (Å²) < 4.78 is 49.9. The van der Waals surface area contributed by atoms with E-state index in [9.17, 15) is 18.0 Å². The van der Waals surface area contributed by atoms with E-state index in [1.165, 1.54) is 112 Å². The molecule has 8 nitrogen and oxygen atoms in total. The molecule has 0 bridgehead atoms. The van der Waals surface area contributed by atoms with Gasteiger partial charge in [0.1, 0.15) is 17.5 Å². The van der Waals surface area contributed by atoms with E-state index in [0.717, 1.165) is 10.0 Å². The van der Waals surface area contributed by atoms with Gasteiger partial charge in [0.15, 0.2) is 0 Å². The van der Waals surface area contributed by atoms with Gasteiger partial charge in [-0.1, -0.05) is 426 Å². The van der Waals surface area contributed by atoms with Crippen molar-refractivity contribution in [3.8, 4) is 34.0 Å². The molecule has 0 spiro atoms. The molecule has 0 aliphatic heterocycles. The van der Waals surface area contributed by atoms with Crippen LogP contribution in [0.2, 0.25) is 0 Å². The second-order valence-corrected chi connectivity index (χ2v) is 36.6. The summed E-state index contributed by atoms with van der Waals surface area (Å²) in [7, 11) is -0.365. The van der Waals surface area contributed by atoms with Crippen LogP contribution in [0.15, 0.2) is 501 Å². The van der Waals surface area contributed by atoms with E-state index >= 15 is 0 Å². The number of benzene rings is 15. The Hall–Kier alpha value is -12.2. The molecule has 3 aromatic heterocycles. The first-order valence-corrected chi connectivity index (χ1v) is 45.8. The molecule has 3 N–H and O–H groups in total. The minimum atomic E-state index is -1.72. The van der Waals surface area contributed by atoms with Gasteiger partial charge in [-0.3, -0.25) is 4.79 Å². The number of aromatic nitrogens is 3. The predicted molar refractivity (Wildman–Crippen MR) is 531 cm³/mol. The van der Waals surface area contributed by atoms with E-state index in [1.54, 1.807) is 87.3 Å². The summed E-state index contributed by atoms with van der Waals surface area (Å²) in [5.41, 5.74) is 2.17. The summed E-state index contributed by atoms with van der Waals surface area (Å²) in [6.45, 7) is 0. The summed E-state index contributed by atoms with van der Waals surface area (Å²) in [6.07, 6.45) is 4.79. The number of pyridine rings is 3. The van der Waals surface area contributed by atoms with Crippen molar-refractivity contribution in [2.75, 3.05) is 14.2 Å². The SMILES string of the molecule is C.COc1ccc(-c2ccccc2F)cn1.COc1ccc(Br)cn1.O=c1ccc(-c2ccccc2F)c[nH]1.OB(O)c1ccccc1F.[Pd].c1ccc(P(c2ccccc2)c2ccccc2)cc1.c1ccc(P(c2ccccc2)c2ccccc2)cc1.c1ccc(P(c2ccccc2)c2ccccc2)cc1.c1ccc(P(c2ccccc2)c2ccccc2)cc1. The van der Waals surface area contributed by atoms with Crippen LogP contribution in [0.4, 0.5) is 13.2 Å². The van der Waals surface area contributed by atoms with E-state index in [1.807, 2.05) is 6.07 Å². The van der Waals surface area contributed by atoms with Gasteiger partial charge in [-0.25, -0.2) is 23.1 Å². The molecule has 18 rings (SSSR count). The smallest absolute Gasteiger partial charge is 0.481 e. The zero-order valence-corrected chi connectivity index (χ0v) is 75.2. The van der Waals surface area contributed by atoms with Crippen LogP contribution in [0, 0.1) is 17.5 Å². The van der Waals surface area contributed by atoms with Gasteiger partial charge in [-0.05, 0) is 148 Å². The zero-order valence-electron chi connectivity index (χ0n) is 68.5. The minimum absolute atomic E-state index is 0. The molecular weight excluding hydrogens is 1800 g/mol. The summed E-state index contributed by atoms with van der Waals surface area (Å²) in [4.78, 5) is 21.2. The van der Waals surface area contributed by atoms with Gasteiger partial charge in [0, 0.05) is 89.4 Å². The number of hydrogen-bond acceptors (Lipinski definition) is 7. The summed E-state index contributed by atoms with van der Waals surface area (Å²) >= 11 is 3.26. The molecule has 0 radical (unpaired) electrons. The Kier molecular flexibility index (Phi) is 42.2. The largest absolute Gasteiger partial charge is 0.491 e. The Morgan fingerprint density at radius 1 is 0.286 bits per heavy atom. The van der Waals surface area contributed by atoms with Crippen molar-refractivity contribution in [1.82, 2.24) is 15.0 Å². The Labute approximate surface area is 765 Å². The zero-order chi connectivity index (χ0) is 86.6. The number of methoxy groups -OCH3 is 2. The first-order chi connectivity index (χ1) is 60.9. The van der Waals surface area contributed by atoms with Gasteiger partial charge in [0.2, 0.25) is 17.3 Å². The average Bonchev–Trinajstić information content (AvgIpc) is 0.920. The van der Waals surface area contributed by atoms with Gasteiger partial charge in [-0.15, -0.1) is 0 Å². The van der Waals surface area contributed by atoms with E-state index in [4.69, 9.17) is 19.5 Å². The van der Waals surface area contributed by atoms with Crippen molar-refractivity contribution < 1.29 is 53.1 Å². The normalized spacial score (nSPS) is 10.1. The number of ether oxygens (including phenoxy) is 2. The second kappa shape index (κ2) is 54.5. The van der Waals surface area contributed by atoms with E-state index in [2.05, 4.69) is 395 Å². The predicted octanol–water partition coefficient (Wildman–Crippen LogP) is 20.8. The van der Waals surface area contributed by atoms with Gasteiger partial charge in [-0.2, -0.15) is 0 Å². The Morgan fingerprint density at radius 2 is 0.508 bits per heavy atom. The van der Waals surface area contributed by atoms with E-state index < -0.39 is 44.6 Å². The van der Waals surface area contributed by atoms with Crippen LogP contribution in [-0.4, -0.2) is 46.3 Å². The van der Waals surface area contributed by atoms with Crippen molar-refractivity contribution in [3.63, 3.8) is 0 Å². The Balaban J connectivity index is 0.000000164. The van der Waals surface area contributed by atoms with Gasteiger partial charge in [0.05, 0.1) is 14.2 Å². The molecule has 0 saturated carbocycles. The third kappa shape index (κ3) is 30.9. The molecule has 0 atom stereocenters. The van der Waals surface area contributed by atoms with E-state index in [-0.39, 0.29) is 50.5 Å².